The van der Waals surface area contributed by atoms with Gasteiger partial charge in [0.2, 0.25) is 0 Å². The van der Waals surface area contributed by atoms with Crippen LogP contribution in [0.4, 0.5) is 0 Å². The highest BCUT2D eigenvalue weighted by Crippen LogP contribution is 2.26. The smallest absolute Gasteiger partial charge is 0.339 e. The molecule has 29 heavy (non-hydrogen) atoms. The van der Waals surface area contributed by atoms with Crippen molar-refractivity contribution in [1.82, 2.24) is 9.88 Å². The minimum absolute atomic E-state index is 0.130. The maximum absolute atomic E-state index is 12.9. The van der Waals surface area contributed by atoms with Crippen LogP contribution in [-0.4, -0.2) is 41.0 Å². The number of benzene rings is 1. The van der Waals surface area contributed by atoms with Crippen molar-refractivity contribution in [2.75, 3.05) is 13.2 Å². The number of nitrogens with zero attached hydrogens (tertiary/aromatic N) is 2. The van der Waals surface area contributed by atoms with Gasteiger partial charge in [-0.15, -0.1) is 0 Å². The molecule has 1 amide bonds. The Morgan fingerprint density at radius 3 is 2.86 bits per heavy atom. The first-order valence-electron chi connectivity index (χ1n) is 10.1. The van der Waals surface area contributed by atoms with E-state index in [4.69, 9.17) is 9.15 Å². The zero-order valence-corrected chi connectivity index (χ0v) is 16.5. The normalized spacial score (nSPS) is 16.7. The molecule has 3 aromatic rings. The first-order valence-corrected chi connectivity index (χ1v) is 10.1. The van der Waals surface area contributed by atoms with Crippen LogP contribution in [0.3, 0.4) is 0 Å². The van der Waals surface area contributed by atoms with Crippen LogP contribution >= 0.6 is 0 Å². The third-order valence-corrected chi connectivity index (χ3v) is 5.46. The Labute approximate surface area is 169 Å². The lowest BCUT2D eigenvalue weighted by atomic mass is 10.00. The van der Waals surface area contributed by atoms with E-state index in [1.54, 1.807) is 24.5 Å². The highest BCUT2D eigenvalue weighted by atomic mass is 16.5. The standard InChI is InChI=1S/C23H24N2O4/c1-2-16-8-5-6-12-25(16)22(26)15-29-23(27)18-14-20(21-11-7-13-28-21)24-19-10-4-3-9-17(18)19/h3-4,7,9-11,13-14,16H,2,5-6,8,12,15H2,1H3. The zero-order chi connectivity index (χ0) is 20.2. The largest absolute Gasteiger partial charge is 0.463 e. The lowest BCUT2D eigenvalue weighted by Gasteiger charge is -2.35. The molecule has 1 saturated heterocycles. The van der Waals surface area contributed by atoms with Crippen molar-refractivity contribution in [3.05, 3.63) is 54.3 Å². The van der Waals surface area contributed by atoms with Crippen LogP contribution in [0.1, 0.15) is 43.0 Å². The van der Waals surface area contributed by atoms with E-state index in [0.717, 1.165) is 32.2 Å². The number of fused-ring (bicyclic) bond motifs is 1. The maximum Gasteiger partial charge on any atom is 0.339 e. The molecule has 1 fully saturated rings. The van der Waals surface area contributed by atoms with Crippen molar-refractivity contribution >= 4 is 22.8 Å². The number of esters is 1. The number of ether oxygens (including phenoxy) is 1. The minimum Gasteiger partial charge on any atom is -0.463 e. The summed E-state index contributed by atoms with van der Waals surface area (Å²) < 4.78 is 10.9. The number of carbonyl (C=O) groups excluding carboxylic acids is 2. The van der Waals surface area contributed by atoms with E-state index in [1.807, 2.05) is 29.2 Å². The van der Waals surface area contributed by atoms with Gasteiger partial charge < -0.3 is 14.1 Å². The van der Waals surface area contributed by atoms with Crippen LogP contribution in [0.2, 0.25) is 0 Å². The predicted octanol–water partition coefficient (Wildman–Crippen LogP) is 4.44. The molecule has 1 atom stereocenters. The highest BCUT2D eigenvalue weighted by Gasteiger charge is 2.26. The van der Waals surface area contributed by atoms with Gasteiger partial charge in [0.25, 0.3) is 5.91 Å². The molecule has 4 rings (SSSR count). The van der Waals surface area contributed by atoms with Gasteiger partial charge in [0.05, 0.1) is 17.3 Å². The van der Waals surface area contributed by atoms with Gasteiger partial charge >= 0.3 is 5.97 Å². The number of aromatic nitrogens is 1. The van der Waals surface area contributed by atoms with E-state index >= 15 is 0 Å². The molecular formula is C23H24N2O4. The van der Waals surface area contributed by atoms with Crippen molar-refractivity contribution in [3.8, 4) is 11.5 Å². The van der Waals surface area contributed by atoms with Crippen molar-refractivity contribution in [2.45, 2.75) is 38.6 Å². The third-order valence-electron chi connectivity index (χ3n) is 5.46. The Hall–Kier alpha value is -3.15. The Balaban J connectivity index is 1.56. The molecule has 150 valence electrons. The molecule has 6 nitrogen and oxygen atoms in total. The SMILES string of the molecule is CCC1CCCCN1C(=O)COC(=O)c1cc(-c2ccco2)nc2ccccc12. The molecule has 1 aliphatic rings. The fourth-order valence-corrected chi connectivity index (χ4v) is 3.94. The van der Waals surface area contributed by atoms with Crippen molar-refractivity contribution in [1.29, 1.82) is 0 Å². The number of likely N-dealkylation sites (tertiary alicyclic amines) is 1. The van der Waals surface area contributed by atoms with Gasteiger partial charge in [-0.3, -0.25) is 4.79 Å². The molecule has 1 aromatic carbocycles. The number of piperidine rings is 1. The minimum atomic E-state index is -0.533. The summed E-state index contributed by atoms with van der Waals surface area (Å²) in [4.78, 5) is 31.9. The van der Waals surface area contributed by atoms with E-state index in [0.29, 0.717) is 27.9 Å². The van der Waals surface area contributed by atoms with E-state index < -0.39 is 5.97 Å². The quantitative estimate of drug-likeness (QED) is 0.600. The number of para-hydroxylation sites is 1. The molecular weight excluding hydrogens is 368 g/mol. The second-order valence-corrected chi connectivity index (χ2v) is 7.27. The predicted molar refractivity (Wildman–Crippen MR) is 109 cm³/mol. The summed E-state index contributed by atoms with van der Waals surface area (Å²) in [5.74, 6) is -0.0932. The molecule has 0 aliphatic carbocycles. The van der Waals surface area contributed by atoms with Crippen LogP contribution in [0.25, 0.3) is 22.4 Å². The number of carbonyl (C=O) groups is 2. The average Bonchev–Trinajstić information content (AvgIpc) is 3.31. The van der Waals surface area contributed by atoms with Gasteiger partial charge in [-0.1, -0.05) is 25.1 Å². The van der Waals surface area contributed by atoms with E-state index in [1.165, 1.54) is 0 Å². The van der Waals surface area contributed by atoms with Crippen LogP contribution in [0.5, 0.6) is 0 Å². The van der Waals surface area contributed by atoms with Crippen molar-refractivity contribution in [2.24, 2.45) is 0 Å². The number of furan rings is 1. The zero-order valence-electron chi connectivity index (χ0n) is 16.5. The molecule has 0 spiro atoms. The van der Waals surface area contributed by atoms with Crippen LogP contribution in [0.15, 0.2) is 53.1 Å². The number of hydrogen-bond acceptors (Lipinski definition) is 5. The molecule has 0 saturated carbocycles. The summed E-state index contributed by atoms with van der Waals surface area (Å²) in [6.07, 6.45) is 5.63. The molecule has 1 aliphatic heterocycles. The topological polar surface area (TPSA) is 72.6 Å². The van der Waals surface area contributed by atoms with Gasteiger partial charge in [-0.25, -0.2) is 9.78 Å². The Morgan fingerprint density at radius 1 is 1.21 bits per heavy atom. The second-order valence-electron chi connectivity index (χ2n) is 7.27. The fraction of sp³-hybridized carbons (Fsp3) is 0.348. The second kappa shape index (κ2) is 8.47. The van der Waals surface area contributed by atoms with Gasteiger partial charge in [0.15, 0.2) is 12.4 Å². The van der Waals surface area contributed by atoms with Crippen LogP contribution in [-0.2, 0) is 9.53 Å². The third kappa shape index (κ3) is 4.01. The number of hydrogen-bond donors (Lipinski definition) is 0. The number of amides is 1. The Morgan fingerprint density at radius 2 is 2.07 bits per heavy atom. The van der Waals surface area contributed by atoms with E-state index in [-0.39, 0.29) is 18.6 Å². The summed E-state index contributed by atoms with van der Waals surface area (Å²) in [6.45, 7) is 2.57. The first kappa shape index (κ1) is 19.2. The summed E-state index contributed by atoms with van der Waals surface area (Å²) in [5.41, 5.74) is 1.59. The molecule has 3 heterocycles. The average molecular weight is 392 g/mol. The van der Waals surface area contributed by atoms with Gasteiger partial charge in [-0.2, -0.15) is 0 Å². The molecule has 2 aromatic heterocycles. The van der Waals surface area contributed by atoms with Gasteiger partial charge in [0.1, 0.15) is 5.69 Å². The summed E-state index contributed by atoms with van der Waals surface area (Å²) in [5, 5.41) is 0.685. The van der Waals surface area contributed by atoms with E-state index in [9.17, 15) is 9.59 Å². The molecule has 1 unspecified atom stereocenters. The maximum atomic E-state index is 12.9. The van der Waals surface area contributed by atoms with Crippen molar-refractivity contribution in [3.63, 3.8) is 0 Å². The summed E-state index contributed by atoms with van der Waals surface area (Å²) in [7, 11) is 0. The lowest BCUT2D eigenvalue weighted by Crippen LogP contribution is -2.45. The Bertz CT molecular complexity index is 1010. The number of pyridine rings is 1. The molecule has 0 bridgehead atoms. The van der Waals surface area contributed by atoms with E-state index in [2.05, 4.69) is 11.9 Å². The highest BCUT2D eigenvalue weighted by molar-refractivity contribution is 6.05. The monoisotopic (exact) mass is 392 g/mol. The number of rotatable bonds is 5. The summed E-state index contributed by atoms with van der Waals surface area (Å²) >= 11 is 0. The molecule has 6 heteroatoms. The fourth-order valence-electron chi connectivity index (χ4n) is 3.94. The van der Waals surface area contributed by atoms with Crippen LogP contribution < -0.4 is 0 Å². The lowest BCUT2D eigenvalue weighted by molar-refractivity contribution is -0.138. The molecule has 0 radical (unpaired) electrons. The Kier molecular flexibility index (Phi) is 5.60. The van der Waals surface area contributed by atoms with Crippen LogP contribution in [0, 0.1) is 0 Å². The first-order chi connectivity index (χ1) is 14.2. The van der Waals surface area contributed by atoms with Crippen molar-refractivity contribution < 1.29 is 18.7 Å². The van der Waals surface area contributed by atoms with Gasteiger partial charge in [-0.05, 0) is 49.9 Å². The summed E-state index contributed by atoms with van der Waals surface area (Å²) in [6, 6.07) is 12.8. The van der Waals surface area contributed by atoms with Gasteiger partial charge in [0, 0.05) is 18.0 Å². The molecule has 0 N–H and O–H groups in total.